The van der Waals surface area contributed by atoms with Gasteiger partial charge in [-0.25, -0.2) is 0 Å². The predicted octanol–water partition coefficient (Wildman–Crippen LogP) is -0.920. The van der Waals surface area contributed by atoms with Crippen molar-refractivity contribution in [3.05, 3.63) is 0 Å². The Labute approximate surface area is 121 Å². The van der Waals surface area contributed by atoms with Crippen LogP contribution in [0.15, 0.2) is 0 Å². The second-order valence-corrected chi connectivity index (χ2v) is 6.05. The molecule has 0 fully saturated rings. The Morgan fingerprint density at radius 1 is 1.20 bits per heavy atom. The first-order valence-electron chi connectivity index (χ1n) is 6.93. The van der Waals surface area contributed by atoms with Crippen molar-refractivity contribution >= 4 is 11.8 Å². The second kappa shape index (κ2) is 7.85. The van der Waals surface area contributed by atoms with Gasteiger partial charge in [-0.3, -0.25) is 9.59 Å². The molecule has 6 heteroatoms. The minimum Gasteiger partial charge on any atom is -0.349 e. The highest BCUT2D eigenvalue weighted by molar-refractivity contribution is 5.79. The molecule has 0 aliphatic heterocycles. The molecule has 0 aromatic heterocycles. The molecular weight excluding hydrogens is 256 g/mol. The molecule has 3 N–H and O–H groups in total. The Morgan fingerprint density at radius 3 is 2.10 bits per heavy atom. The molecule has 0 aliphatic rings. The summed E-state index contributed by atoms with van der Waals surface area (Å²) in [4.78, 5) is 24.3. The highest BCUT2D eigenvalue weighted by Gasteiger charge is 2.30. The third-order valence-electron chi connectivity index (χ3n) is 3.16. The molecule has 0 saturated carbocycles. The molecule has 0 saturated heterocycles. The van der Waals surface area contributed by atoms with Crippen LogP contribution in [0.2, 0.25) is 0 Å². The van der Waals surface area contributed by atoms with E-state index in [4.69, 9.17) is 5.26 Å². The summed E-state index contributed by atoms with van der Waals surface area (Å²) in [6, 6.07) is 2.22. The Hall–Kier alpha value is -1.61. The van der Waals surface area contributed by atoms with E-state index in [1.54, 1.807) is 14.0 Å². The van der Waals surface area contributed by atoms with Crippen LogP contribution in [0.5, 0.6) is 0 Å². The quantitative estimate of drug-likeness (QED) is 0.565. The van der Waals surface area contributed by atoms with Crippen LogP contribution in [-0.2, 0) is 9.59 Å². The molecule has 2 amide bonds. The van der Waals surface area contributed by atoms with E-state index >= 15 is 0 Å². The van der Waals surface area contributed by atoms with Crippen LogP contribution in [0, 0.1) is 17.2 Å². The molecular formula is C14H27N4O2+. The predicted molar refractivity (Wildman–Crippen MR) is 76.9 cm³/mol. The number of nitrogens with zero attached hydrogens (tertiary/aromatic N) is 1. The first kappa shape index (κ1) is 18.4. The smallest absolute Gasteiger partial charge is 0.276 e. The molecule has 0 aromatic rings. The maximum Gasteiger partial charge on any atom is 0.276 e. The zero-order chi connectivity index (χ0) is 15.9. The van der Waals surface area contributed by atoms with Crippen LogP contribution >= 0.6 is 0 Å². The lowest BCUT2D eigenvalue weighted by atomic mass is 9.90. The van der Waals surface area contributed by atoms with Gasteiger partial charge in [0.05, 0.1) is 13.1 Å². The first-order valence-corrected chi connectivity index (χ1v) is 6.93. The summed E-state index contributed by atoms with van der Waals surface area (Å²) in [5.41, 5.74) is -0.877. The number of rotatable bonds is 7. The van der Waals surface area contributed by atoms with Crippen LogP contribution in [0.4, 0.5) is 0 Å². The van der Waals surface area contributed by atoms with Gasteiger partial charge in [-0.2, -0.15) is 5.26 Å². The number of carbonyl (C=O) groups is 2. The molecule has 20 heavy (non-hydrogen) atoms. The maximum atomic E-state index is 11.9. The molecule has 2 atom stereocenters. The lowest BCUT2D eigenvalue weighted by Gasteiger charge is -2.27. The van der Waals surface area contributed by atoms with Crippen molar-refractivity contribution in [2.45, 2.75) is 46.2 Å². The number of hydrogen-bond donors (Lipinski definition) is 3. The largest absolute Gasteiger partial charge is 0.349 e. The minimum atomic E-state index is -0.877. The number of nitrogens with one attached hydrogen (secondary N) is 3. The number of hydrogen-bond acceptors (Lipinski definition) is 3. The average molecular weight is 283 g/mol. The average Bonchev–Trinajstić information content (AvgIpc) is 2.26. The number of amides is 2. The molecule has 0 heterocycles. The minimum absolute atomic E-state index is 0.0148. The van der Waals surface area contributed by atoms with Gasteiger partial charge in [0, 0.05) is 6.04 Å². The molecule has 0 rings (SSSR count). The van der Waals surface area contributed by atoms with Gasteiger partial charge >= 0.3 is 0 Å². The Kier molecular flexibility index (Phi) is 7.22. The van der Waals surface area contributed by atoms with E-state index < -0.39 is 5.54 Å². The first-order chi connectivity index (χ1) is 9.10. The molecule has 0 aromatic carbocycles. The number of likely N-dealkylation sites (N-methyl/N-ethyl adjacent to an activating group) is 1. The van der Waals surface area contributed by atoms with E-state index in [0.717, 1.165) is 4.90 Å². The second-order valence-electron chi connectivity index (χ2n) is 6.05. The van der Waals surface area contributed by atoms with Gasteiger partial charge in [-0.1, -0.05) is 13.8 Å². The van der Waals surface area contributed by atoms with E-state index in [1.165, 1.54) is 0 Å². The van der Waals surface area contributed by atoms with Crippen LogP contribution in [-0.4, -0.2) is 43.5 Å². The standard InChI is InChI=1S/C14H26N4O2/c1-10(2)14(5,9-15)17-13(20)8-18(6)7-12(19)16-11(3)4/h10-11H,7-8H2,1-6H3,(H,16,19)(H,17,20)/p+1/t14-/m0/s1. The van der Waals surface area contributed by atoms with Crippen molar-refractivity contribution in [3.63, 3.8) is 0 Å². The zero-order valence-corrected chi connectivity index (χ0v) is 13.3. The van der Waals surface area contributed by atoms with Crippen LogP contribution < -0.4 is 15.5 Å². The van der Waals surface area contributed by atoms with Crippen LogP contribution in [0.1, 0.15) is 34.6 Å². The highest BCUT2D eigenvalue weighted by atomic mass is 16.2. The van der Waals surface area contributed by atoms with Gasteiger partial charge in [0.1, 0.15) is 5.54 Å². The molecule has 0 bridgehead atoms. The third kappa shape index (κ3) is 6.53. The van der Waals surface area contributed by atoms with Gasteiger partial charge in [0.15, 0.2) is 13.1 Å². The van der Waals surface area contributed by atoms with Crippen molar-refractivity contribution in [2.75, 3.05) is 20.1 Å². The van der Waals surface area contributed by atoms with Crippen LogP contribution in [0.3, 0.4) is 0 Å². The molecule has 0 aliphatic carbocycles. The summed E-state index contributed by atoms with van der Waals surface area (Å²) in [5.74, 6) is -0.296. The fourth-order valence-corrected chi connectivity index (χ4v) is 1.62. The monoisotopic (exact) mass is 283 g/mol. The van der Waals surface area contributed by atoms with Crippen LogP contribution in [0.25, 0.3) is 0 Å². The summed E-state index contributed by atoms with van der Waals surface area (Å²) < 4.78 is 0. The van der Waals surface area contributed by atoms with Crippen molar-refractivity contribution < 1.29 is 14.5 Å². The van der Waals surface area contributed by atoms with E-state index in [0.29, 0.717) is 0 Å². The molecule has 0 radical (unpaired) electrons. The van der Waals surface area contributed by atoms with Crippen molar-refractivity contribution in [2.24, 2.45) is 5.92 Å². The summed E-state index contributed by atoms with van der Waals surface area (Å²) in [6.07, 6.45) is 0. The number of nitriles is 1. The van der Waals surface area contributed by atoms with Gasteiger partial charge in [0.2, 0.25) is 0 Å². The number of carbonyl (C=O) groups excluding carboxylic acids is 2. The summed E-state index contributed by atoms with van der Waals surface area (Å²) in [5, 5.41) is 14.7. The normalized spacial score (nSPS) is 15.3. The number of quaternary nitrogens is 1. The van der Waals surface area contributed by atoms with Gasteiger partial charge in [0.25, 0.3) is 11.8 Å². The SMILES string of the molecule is CC(C)NC(=O)C[NH+](C)CC(=O)N[C@@](C)(C#N)C(C)C. The lowest BCUT2D eigenvalue weighted by Crippen LogP contribution is -3.11. The van der Waals surface area contributed by atoms with E-state index in [9.17, 15) is 9.59 Å². The fraction of sp³-hybridized carbons (Fsp3) is 0.786. The maximum absolute atomic E-state index is 11.9. The summed E-state index contributed by atoms with van der Waals surface area (Å²) in [7, 11) is 1.78. The molecule has 6 nitrogen and oxygen atoms in total. The molecule has 114 valence electrons. The van der Waals surface area contributed by atoms with E-state index in [1.807, 2.05) is 27.7 Å². The van der Waals surface area contributed by atoms with Gasteiger partial charge in [-0.15, -0.1) is 0 Å². The zero-order valence-electron chi connectivity index (χ0n) is 13.3. The Morgan fingerprint density at radius 2 is 1.70 bits per heavy atom. The lowest BCUT2D eigenvalue weighted by molar-refractivity contribution is -0.862. The summed E-state index contributed by atoms with van der Waals surface area (Å²) >= 11 is 0. The van der Waals surface area contributed by atoms with Crippen molar-refractivity contribution in [1.29, 1.82) is 5.26 Å². The topological polar surface area (TPSA) is 86.4 Å². The molecule has 1 unspecified atom stereocenters. The van der Waals surface area contributed by atoms with Gasteiger partial charge < -0.3 is 15.5 Å². The van der Waals surface area contributed by atoms with Crippen molar-refractivity contribution in [3.8, 4) is 6.07 Å². The van der Waals surface area contributed by atoms with E-state index in [-0.39, 0.29) is 36.9 Å². The summed E-state index contributed by atoms with van der Waals surface area (Å²) in [6.45, 7) is 9.65. The highest BCUT2D eigenvalue weighted by Crippen LogP contribution is 2.14. The van der Waals surface area contributed by atoms with Gasteiger partial charge in [-0.05, 0) is 26.7 Å². The van der Waals surface area contributed by atoms with Crippen molar-refractivity contribution in [1.82, 2.24) is 10.6 Å². The third-order valence-corrected chi connectivity index (χ3v) is 3.16. The van der Waals surface area contributed by atoms with E-state index in [2.05, 4.69) is 16.7 Å². The molecule has 0 spiro atoms. The fourth-order valence-electron chi connectivity index (χ4n) is 1.62. The Bertz CT molecular complexity index is 387. The Balaban J connectivity index is 4.34.